The van der Waals surface area contributed by atoms with Gasteiger partial charge in [0.2, 0.25) is 0 Å². The zero-order valence-electron chi connectivity index (χ0n) is 18.3. The summed E-state index contributed by atoms with van der Waals surface area (Å²) in [6.07, 6.45) is 5.87. The fraction of sp³-hybridized carbons (Fsp3) is 0.111. The number of thiazole rings is 1. The SMILES string of the molecule is Nc1nc2ccc(-c3ccc4c(-c5c(-c6ccccn6)nn6c5CCC6)ccnc4c3)cc2s1. The van der Waals surface area contributed by atoms with E-state index in [2.05, 4.69) is 51.0 Å². The van der Waals surface area contributed by atoms with E-state index in [0.29, 0.717) is 5.13 Å². The summed E-state index contributed by atoms with van der Waals surface area (Å²) in [5, 5.41) is 6.67. The van der Waals surface area contributed by atoms with Crippen LogP contribution in [0, 0.1) is 0 Å². The lowest BCUT2D eigenvalue weighted by molar-refractivity contribution is 0.658. The molecule has 2 N–H and O–H groups in total. The first-order valence-electron chi connectivity index (χ1n) is 11.3. The number of pyridine rings is 2. The molecule has 0 unspecified atom stereocenters. The molecule has 5 heterocycles. The van der Waals surface area contributed by atoms with Crippen LogP contribution in [0.15, 0.2) is 73.1 Å². The highest BCUT2D eigenvalue weighted by Gasteiger charge is 2.25. The third-order valence-corrected chi connectivity index (χ3v) is 7.35. The minimum absolute atomic E-state index is 0.592. The molecule has 0 saturated heterocycles. The van der Waals surface area contributed by atoms with Crippen LogP contribution in [0.4, 0.5) is 5.13 Å². The number of aromatic nitrogens is 5. The molecule has 34 heavy (non-hydrogen) atoms. The van der Waals surface area contributed by atoms with Gasteiger partial charge >= 0.3 is 0 Å². The van der Waals surface area contributed by atoms with Gasteiger partial charge in [-0.2, -0.15) is 5.10 Å². The van der Waals surface area contributed by atoms with Crippen LogP contribution >= 0.6 is 11.3 Å². The average molecular weight is 461 g/mol. The van der Waals surface area contributed by atoms with Crippen LogP contribution in [0.1, 0.15) is 12.1 Å². The number of aryl methyl sites for hydroxylation is 1. The van der Waals surface area contributed by atoms with E-state index in [4.69, 9.17) is 15.8 Å². The van der Waals surface area contributed by atoms with Crippen molar-refractivity contribution in [3.05, 3.63) is 78.8 Å². The lowest BCUT2D eigenvalue weighted by Crippen LogP contribution is -1.94. The number of hydrogen-bond donors (Lipinski definition) is 1. The van der Waals surface area contributed by atoms with E-state index in [9.17, 15) is 0 Å². The molecule has 0 aliphatic carbocycles. The second kappa shape index (κ2) is 7.46. The number of hydrogen-bond acceptors (Lipinski definition) is 6. The number of benzene rings is 2. The van der Waals surface area contributed by atoms with Gasteiger partial charge in [-0.15, -0.1) is 0 Å². The lowest BCUT2D eigenvalue weighted by Gasteiger charge is -2.10. The average Bonchev–Trinajstić information content (AvgIpc) is 3.57. The van der Waals surface area contributed by atoms with Crippen molar-refractivity contribution in [3.63, 3.8) is 0 Å². The Morgan fingerprint density at radius 1 is 0.882 bits per heavy atom. The van der Waals surface area contributed by atoms with Crippen LogP contribution in [-0.2, 0) is 13.0 Å². The van der Waals surface area contributed by atoms with E-state index >= 15 is 0 Å². The molecule has 0 radical (unpaired) electrons. The van der Waals surface area contributed by atoms with E-state index in [0.717, 1.165) is 68.6 Å². The predicted octanol–water partition coefficient (Wildman–Crippen LogP) is 5.97. The fourth-order valence-corrected chi connectivity index (χ4v) is 5.74. The maximum atomic E-state index is 5.90. The number of anilines is 1. The molecule has 1 aliphatic rings. The number of nitrogens with two attached hydrogens (primary N) is 1. The Labute approximate surface area is 199 Å². The van der Waals surface area contributed by atoms with Crippen molar-refractivity contribution in [2.45, 2.75) is 19.4 Å². The van der Waals surface area contributed by atoms with E-state index in [1.165, 1.54) is 22.6 Å². The van der Waals surface area contributed by atoms with Gasteiger partial charge in [0.25, 0.3) is 0 Å². The fourth-order valence-electron chi connectivity index (χ4n) is 4.96. The first-order chi connectivity index (χ1) is 16.7. The van der Waals surface area contributed by atoms with Gasteiger partial charge in [0.15, 0.2) is 5.13 Å². The molecule has 6 nitrogen and oxygen atoms in total. The lowest BCUT2D eigenvalue weighted by atomic mass is 9.95. The number of nitrogen functional groups attached to an aromatic ring is 1. The largest absolute Gasteiger partial charge is 0.375 e. The van der Waals surface area contributed by atoms with E-state index < -0.39 is 0 Å². The first-order valence-corrected chi connectivity index (χ1v) is 12.1. The summed E-state index contributed by atoms with van der Waals surface area (Å²) < 4.78 is 3.24. The molecule has 0 amide bonds. The van der Waals surface area contributed by atoms with Gasteiger partial charge in [-0.25, -0.2) is 4.98 Å². The highest BCUT2D eigenvalue weighted by Crippen LogP contribution is 2.40. The topological polar surface area (TPSA) is 82.5 Å². The summed E-state index contributed by atoms with van der Waals surface area (Å²) in [6.45, 7) is 0.951. The van der Waals surface area contributed by atoms with E-state index in [1.807, 2.05) is 36.7 Å². The Morgan fingerprint density at radius 3 is 2.71 bits per heavy atom. The Kier molecular flexibility index (Phi) is 4.25. The van der Waals surface area contributed by atoms with E-state index in [-0.39, 0.29) is 0 Å². The van der Waals surface area contributed by atoms with Crippen LogP contribution < -0.4 is 5.73 Å². The van der Waals surface area contributed by atoms with Gasteiger partial charge in [0, 0.05) is 35.6 Å². The smallest absolute Gasteiger partial charge is 0.181 e. The number of nitrogens with zero attached hydrogens (tertiary/aromatic N) is 5. The van der Waals surface area contributed by atoms with Gasteiger partial charge in [0.05, 0.1) is 21.4 Å². The maximum absolute atomic E-state index is 5.90. The van der Waals surface area contributed by atoms with Crippen LogP contribution in [-0.4, -0.2) is 24.7 Å². The van der Waals surface area contributed by atoms with Crippen molar-refractivity contribution < 1.29 is 0 Å². The van der Waals surface area contributed by atoms with Gasteiger partial charge in [-0.3, -0.25) is 14.6 Å². The molecular weight excluding hydrogens is 440 g/mol. The second-order valence-corrected chi connectivity index (χ2v) is 9.60. The minimum Gasteiger partial charge on any atom is -0.375 e. The normalized spacial score (nSPS) is 13.1. The molecule has 1 aliphatic heterocycles. The van der Waals surface area contributed by atoms with Crippen molar-refractivity contribution in [2.75, 3.05) is 5.73 Å². The van der Waals surface area contributed by atoms with Crippen LogP contribution in [0.25, 0.3) is 54.8 Å². The predicted molar refractivity (Wildman–Crippen MR) is 138 cm³/mol. The second-order valence-electron chi connectivity index (χ2n) is 8.54. The van der Waals surface area contributed by atoms with Crippen LogP contribution in [0.3, 0.4) is 0 Å². The van der Waals surface area contributed by atoms with Gasteiger partial charge in [0.1, 0.15) is 5.69 Å². The molecule has 7 rings (SSSR count). The molecule has 0 fully saturated rings. The van der Waals surface area contributed by atoms with Crippen molar-refractivity contribution in [3.8, 4) is 33.6 Å². The zero-order valence-corrected chi connectivity index (χ0v) is 19.1. The molecule has 4 aromatic heterocycles. The number of fused-ring (bicyclic) bond motifs is 3. The molecule has 164 valence electrons. The quantitative estimate of drug-likeness (QED) is 0.352. The maximum Gasteiger partial charge on any atom is 0.181 e. The minimum atomic E-state index is 0.592. The van der Waals surface area contributed by atoms with Gasteiger partial charge in [-0.1, -0.05) is 35.6 Å². The Morgan fingerprint density at radius 2 is 1.79 bits per heavy atom. The van der Waals surface area contributed by atoms with Crippen molar-refractivity contribution >= 4 is 37.6 Å². The summed E-state index contributed by atoms with van der Waals surface area (Å²) in [5.74, 6) is 0. The van der Waals surface area contributed by atoms with E-state index in [1.54, 1.807) is 0 Å². The monoisotopic (exact) mass is 460 g/mol. The molecular formula is C27H20N6S. The Balaban J connectivity index is 1.40. The summed E-state index contributed by atoms with van der Waals surface area (Å²) in [7, 11) is 0. The highest BCUT2D eigenvalue weighted by molar-refractivity contribution is 7.22. The summed E-state index contributed by atoms with van der Waals surface area (Å²) in [6, 6.07) is 20.9. The van der Waals surface area contributed by atoms with Gasteiger partial charge < -0.3 is 5.73 Å². The molecule has 0 saturated carbocycles. The van der Waals surface area contributed by atoms with Crippen LogP contribution in [0.2, 0.25) is 0 Å². The molecule has 0 atom stereocenters. The van der Waals surface area contributed by atoms with Crippen LogP contribution in [0.5, 0.6) is 0 Å². The summed E-state index contributed by atoms with van der Waals surface area (Å²) >= 11 is 1.51. The first kappa shape index (κ1) is 19.4. The Bertz CT molecular complexity index is 1700. The standard InChI is InChI=1S/C27H20N6S/c28-27-31-20-9-7-17(15-24(20)34-27)16-6-8-18-19(10-12-30-22(18)14-16)25-23-5-3-13-33(23)32-26(25)21-4-1-2-11-29-21/h1-2,4,6-12,14-15H,3,5,13H2,(H2,28,31). The van der Waals surface area contributed by atoms with Crippen molar-refractivity contribution in [1.29, 1.82) is 0 Å². The van der Waals surface area contributed by atoms with Crippen molar-refractivity contribution in [1.82, 2.24) is 24.7 Å². The Hall–Kier alpha value is -4.10. The van der Waals surface area contributed by atoms with Gasteiger partial charge in [-0.05, 0) is 65.9 Å². The summed E-state index contributed by atoms with van der Waals surface area (Å²) in [5.41, 5.74) is 15.5. The third-order valence-electron chi connectivity index (χ3n) is 6.50. The molecule has 0 spiro atoms. The molecule has 7 heteroatoms. The van der Waals surface area contributed by atoms with Crippen molar-refractivity contribution in [2.24, 2.45) is 0 Å². The molecule has 0 bridgehead atoms. The number of rotatable bonds is 3. The molecule has 6 aromatic rings. The highest BCUT2D eigenvalue weighted by atomic mass is 32.1. The molecule has 2 aromatic carbocycles. The summed E-state index contributed by atoms with van der Waals surface area (Å²) in [4.78, 5) is 13.7. The third kappa shape index (κ3) is 3.01. The zero-order chi connectivity index (χ0) is 22.6.